The van der Waals surface area contributed by atoms with Gasteiger partial charge in [-0.3, -0.25) is 4.68 Å². The molecule has 30 heavy (non-hydrogen) atoms. The van der Waals surface area contributed by atoms with Gasteiger partial charge in [-0.15, -0.1) is 0 Å². The predicted molar refractivity (Wildman–Crippen MR) is 113 cm³/mol. The van der Waals surface area contributed by atoms with Crippen LogP contribution in [0.3, 0.4) is 0 Å². The molecule has 3 aromatic carbocycles. The maximum absolute atomic E-state index is 13.2. The lowest BCUT2D eigenvalue weighted by atomic mass is 10.1. The van der Waals surface area contributed by atoms with E-state index in [0.29, 0.717) is 23.5 Å². The lowest BCUT2D eigenvalue weighted by Crippen LogP contribution is -2.09. The first-order valence-corrected chi connectivity index (χ1v) is 9.70. The van der Waals surface area contributed by atoms with Crippen LogP contribution in [0.1, 0.15) is 27.2 Å². The van der Waals surface area contributed by atoms with Crippen LogP contribution in [0.2, 0.25) is 0 Å². The summed E-state index contributed by atoms with van der Waals surface area (Å²) in [6.07, 6.45) is 0. The van der Waals surface area contributed by atoms with Crippen molar-refractivity contribution in [3.8, 4) is 11.3 Å². The molecule has 0 unspecified atom stereocenters. The van der Waals surface area contributed by atoms with Gasteiger partial charge in [0, 0.05) is 5.56 Å². The predicted octanol–water partition coefficient (Wildman–Crippen LogP) is 5.40. The van der Waals surface area contributed by atoms with Crippen LogP contribution in [-0.4, -0.2) is 15.7 Å². The molecule has 4 aromatic rings. The molecule has 150 valence electrons. The fourth-order valence-electron chi connectivity index (χ4n) is 3.30. The third-order valence-corrected chi connectivity index (χ3v) is 4.92. The van der Waals surface area contributed by atoms with E-state index < -0.39 is 5.97 Å². The number of hydrogen-bond acceptors (Lipinski definition) is 3. The van der Waals surface area contributed by atoms with Crippen LogP contribution in [0.25, 0.3) is 11.3 Å². The molecule has 0 aliphatic carbocycles. The first kappa shape index (κ1) is 19.6. The molecule has 0 saturated heterocycles. The van der Waals surface area contributed by atoms with Crippen molar-refractivity contribution < 1.29 is 13.9 Å². The second kappa shape index (κ2) is 8.74. The largest absolute Gasteiger partial charge is 0.457 e. The maximum atomic E-state index is 13.2. The van der Waals surface area contributed by atoms with Crippen molar-refractivity contribution in [1.82, 2.24) is 9.78 Å². The Hall–Kier alpha value is -3.73. The van der Waals surface area contributed by atoms with Crippen LogP contribution in [-0.2, 0) is 17.9 Å². The summed E-state index contributed by atoms with van der Waals surface area (Å²) in [6.45, 7) is 2.47. The molecular formula is C25H21FN2O2. The van der Waals surface area contributed by atoms with Crippen LogP contribution in [0.4, 0.5) is 4.39 Å². The smallest absolute Gasteiger partial charge is 0.342 e. The van der Waals surface area contributed by atoms with Gasteiger partial charge < -0.3 is 4.74 Å². The van der Waals surface area contributed by atoms with Crippen LogP contribution >= 0.6 is 0 Å². The molecule has 0 aliphatic rings. The SMILES string of the molecule is Cc1c(C(=O)OCc2ccccc2)c(-c2ccccc2)nn1Cc1ccc(F)cc1. The summed E-state index contributed by atoms with van der Waals surface area (Å²) in [4.78, 5) is 13.0. The highest BCUT2D eigenvalue weighted by Gasteiger charge is 2.24. The number of ether oxygens (including phenoxy) is 1. The molecule has 0 fully saturated rings. The highest BCUT2D eigenvalue weighted by Crippen LogP contribution is 2.27. The average Bonchev–Trinajstić information content (AvgIpc) is 3.11. The number of hydrogen-bond donors (Lipinski definition) is 0. The summed E-state index contributed by atoms with van der Waals surface area (Å²) in [6, 6.07) is 25.4. The molecule has 5 heteroatoms. The van der Waals surface area contributed by atoms with Crippen molar-refractivity contribution in [2.45, 2.75) is 20.1 Å². The van der Waals surface area contributed by atoms with Gasteiger partial charge >= 0.3 is 5.97 Å². The Morgan fingerprint density at radius 2 is 1.53 bits per heavy atom. The summed E-state index contributed by atoms with van der Waals surface area (Å²) in [5.41, 5.74) is 4.38. The van der Waals surface area contributed by atoms with Crippen LogP contribution in [0, 0.1) is 12.7 Å². The van der Waals surface area contributed by atoms with Gasteiger partial charge in [-0.2, -0.15) is 5.10 Å². The monoisotopic (exact) mass is 400 g/mol. The van der Waals surface area contributed by atoms with Gasteiger partial charge in [0.05, 0.1) is 12.2 Å². The first-order valence-electron chi connectivity index (χ1n) is 9.70. The lowest BCUT2D eigenvalue weighted by molar-refractivity contribution is 0.0472. The summed E-state index contributed by atoms with van der Waals surface area (Å²) >= 11 is 0. The minimum atomic E-state index is -0.416. The van der Waals surface area contributed by atoms with Gasteiger partial charge in [-0.05, 0) is 30.2 Å². The molecule has 0 atom stereocenters. The van der Waals surface area contributed by atoms with E-state index in [4.69, 9.17) is 9.84 Å². The number of carbonyl (C=O) groups excluding carboxylic acids is 1. The third-order valence-electron chi connectivity index (χ3n) is 4.92. The molecule has 0 bridgehead atoms. The summed E-state index contributed by atoms with van der Waals surface area (Å²) in [5.74, 6) is -0.702. The molecule has 0 radical (unpaired) electrons. The minimum Gasteiger partial charge on any atom is -0.457 e. The molecule has 0 saturated carbocycles. The second-order valence-corrected chi connectivity index (χ2v) is 7.02. The van der Waals surface area contributed by atoms with Gasteiger partial charge in [-0.25, -0.2) is 9.18 Å². The van der Waals surface area contributed by atoms with Gasteiger partial charge in [0.15, 0.2) is 0 Å². The van der Waals surface area contributed by atoms with E-state index in [-0.39, 0.29) is 12.4 Å². The highest BCUT2D eigenvalue weighted by molar-refractivity contribution is 5.97. The summed E-state index contributed by atoms with van der Waals surface area (Å²) in [7, 11) is 0. The number of halogens is 1. The molecule has 0 amide bonds. The molecular weight excluding hydrogens is 379 g/mol. The zero-order chi connectivity index (χ0) is 20.9. The zero-order valence-corrected chi connectivity index (χ0v) is 16.6. The van der Waals surface area contributed by atoms with E-state index in [1.807, 2.05) is 67.6 Å². The number of benzene rings is 3. The second-order valence-electron chi connectivity index (χ2n) is 7.02. The number of nitrogens with zero attached hydrogens (tertiary/aromatic N) is 2. The van der Waals surface area contributed by atoms with Crippen molar-refractivity contribution in [1.29, 1.82) is 0 Å². The van der Waals surface area contributed by atoms with Crippen molar-refractivity contribution in [3.63, 3.8) is 0 Å². The van der Waals surface area contributed by atoms with E-state index >= 15 is 0 Å². The standard InChI is InChI=1S/C25H21FN2O2/c1-18-23(25(29)30-17-20-8-4-2-5-9-20)24(21-10-6-3-7-11-21)27-28(18)16-19-12-14-22(26)15-13-19/h2-15H,16-17H2,1H3. The van der Waals surface area contributed by atoms with E-state index in [1.54, 1.807) is 16.8 Å². The van der Waals surface area contributed by atoms with Gasteiger partial charge in [0.1, 0.15) is 23.7 Å². The van der Waals surface area contributed by atoms with Crippen LogP contribution in [0.5, 0.6) is 0 Å². The number of rotatable bonds is 6. The average molecular weight is 400 g/mol. The van der Waals surface area contributed by atoms with E-state index in [0.717, 1.165) is 16.7 Å². The topological polar surface area (TPSA) is 44.1 Å². The Bertz CT molecular complexity index is 1140. The summed E-state index contributed by atoms with van der Waals surface area (Å²) in [5, 5.41) is 4.70. The van der Waals surface area contributed by atoms with Crippen molar-refractivity contribution >= 4 is 5.97 Å². The van der Waals surface area contributed by atoms with Gasteiger partial charge in [-0.1, -0.05) is 72.8 Å². The van der Waals surface area contributed by atoms with Gasteiger partial charge in [0.25, 0.3) is 0 Å². The highest BCUT2D eigenvalue weighted by atomic mass is 19.1. The van der Waals surface area contributed by atoms with Crippen LogP contribution < -0.4 is 0 Å². The number of aromatic nitrogens is 2. The Morgan fingerprint density at radius 3 is 2.20 bits per heavy atom. The maximum Gasteiger partial charge on any atom is 0.342 e. The van der Waals surface area contributed by atoms with Gasteiger partial charge in [0.2, 0.25) is 0 Å². The van der Waals surface area contributed by atoms with Crippen LogP contribution in [0.15, 0.2) is 84.9 Å². The Morgan fingerprint density at radius 1 is 0.900 bits per heavy atom. The number of esters is 1. The number of carbonyl (C=O) groups is 1. The fraction of sp³-hybridized carbons (Fsp3) is 0.120. The van der Waals surface area contributed by atoms with Crippen molar-refractivity contribution in [3.05, 3.63) is 113 Å². The lowest BCUT2D eigenvalue weighted by Gasteiger charge is -2.07. The molecule has 0 aliphatic heterocycles. The van der Waals surface area contributed by atoms with E-state index in [9.17, 15) is 9.18 Å². The van der Waals surface area contributed by atoms with Crippen molar-refractivity contribution in [2.24, 2.45) is 0 Å². The zero-order valence-electron chi connectivity index (χ0n) is 16.6. The fourth-order valence-corrected chi connectivity index (χ4v) is 3.30. The van der Waals surface area contributed by atoms with E-state index in [1.165, 1.54) is 12.1 Å². The Balaban J connectivity index is 1.67. The molecule has 0 spiro atoms. The molecule has 0 N–H and O–H groups in total. The molecule has 4 rings (SSSR count). The minimum absolute atomic E-state index is 0.191. The molecule has 4 nitrogen and oxygen atoms in total. The molecule has 1 aromatic heterocycles. The normalized spacial score (nSPS) is 10.7. The molecule has 1 heterocycles. The van der Waals surface area contributed by atoms with E-state index in [2.05, 4.69) is 0 Å². The van der Waals surface area contributed by atoms with Crippen molar-refractivity contribution in [2.75, 3.05) is 0 Å². The Labute approximate surface area is 174 Å². The quantitative estimate of drug-likeness (QED) is 0.407. The third kappa shape index (κ3) is 4.30. The first-order chi connectivity index (χ1) is 14.6. The Kier molecular flexibility index (Phi) is 5.70. The summed E-state index contributed by atoms with van der Waals surface area (Å²) < 4.78 is 20.6.